The van der Waals surface area contributed by atoms with Gasteiger partial charge in [0.25, 0.3) is 0 Å². The van der Waals surface area contributed by atoms with Gasteiger partial charge in [0.1, 0.15) is 5.75 Å². The van der Waals surface area contributed by atoms with Gasteiger partial charge in [-0.25, -0.2) is 0 Å². The number of rotatable bonds is 5. The number of methoxy groups -OCH3 is 1. The van der Waals surface area contributed by atoms with E-state index in [0.717, 1.165) is 44.0 Å². The lowest BCUT2D eigenvalue weighted by atomic mass is 10.1. The van der Waals surface area contributed by atoms with Crippen molar-refractivity contribution < 1.29 is 9.53 Å². The molecule has 5 nitrogen and oxygen atoms in total. The number of hydrogen-bond acceptors (Lipinski definition) is 4. The molecule has 2 rings (SSSR count). The zero-order valence-electron chi connectivity index (χ0n) is 12.5. The van der Waals surface area contributed by atoms with Crippen molar-refractivity contribution in [2.75, 3.05) is 33.3 Å². The number of benzene rings is 1. The van der Waals surface area contributed by atoms with Crippen LogP contribution in [0.25, 0.3) is 0 Å². The third kappa shape index (κ3) is 4.09. The summed E-state index contributed by atoms with van der Waals surface area (Å²) in [7, 11) is 1.67. The third-order valence-corrected chi connectivity index (χ3v) is 4.24. The molecule has 1 fully saturated rings. The van der Waals surface area contributed by atoms with Gasteiger partial charge in [-0.05, 0) is 25.1 Å². The first-order valence-corrected chi connectivity index (χ1v) is 7.47. The molecular weight excluding hydrogens is 290 g/mol. The second-order valence-corrected chi connectivity index (χ2v) is 5.78. The number of piperazine rings is 1. The highest BCUT2D eigenvalue weighted by Gasteiger charge is 2.24. The molecule has 1 aliphatic rings. The average molecular weight is 312 g/mol. The summed E-state index contributed by atoms with van der Waals surface area (Å²) in [5.41, 5.74) is 6.44. The van der Waals surface area contributed by atoms with Gasteiger partial charge in [-0.2, -0.15) is 0 Å². The van der Waals surface area contributed by atoms with Gasteiger partial charge in [0.15, 0.2) is 0 Å². The zero-order chi connectivity index (χ0) is 15.4. The van der Waals surface area contributed by atoms with Crippen LogP contribution in [-0.4, -0.2) is 55.0 Å². The van der Waals surface area contributed by atoms with Crippen LogP contribution in [0, 0.1) is 0 Å². The normalized spacial score (nSPS) is 18.4. The minimum Gasteiger partial charge on any atom is -0.496 e. The molecule has 116 valence electrons. The molecule has 21 heavy (non-hydrogen) atoms. The molecule has 6 heteroatoms. The predicted molar refractivity (Wildman–Crippen MR) is 83.5 cm³/mol. The summed E-state index contributed by atoms with van der Waals surface area (Å²) in [6, 6.07) is 5.46. The molecule has 1 saturated heterocycles. The maximum absolute atomic E-state index is 11.2. The number of primary amides is 1. The van der Waals surface area contributed by atoms with Crippen LogP contribution in [0.15, 0.2) is 18.2 Å². The van der Waals surface area contributed by atoms with E-state index in [0.29, 0.717) is 5.02 Å². The number of nitrogens with zero attached hydrogens (tertiary/aromatic N) is 2. The fourth-order valence-electron chi connectivity index (χ4n) is 2.60. The fourth-order valence-corrected chi connectivity index (χ4v) is 2.80. The summed E-state index contributed by atoms with van der Waals surface area (Å²) in [4.78, 5) is 15.7. The van der Waals surface area contributed by atoms with E-state index in [-0.39, 0.29) is 11.9 Å². The van der Waals surface area contributed by atoms with E-state index in [1.807, 2.05) is 25.1 Å². The van der Waals surface area contributed by atoms with Crippen molar-refractivity contribution in [1.29, 1.82) is 0 Å². The first-order chi connectivity index (χ1) is 10.0. The number of carbonyl (C=O) groups excluding carboxylic acids is 1. The van der Waals surface area contributed by atoms with Crippen LogP contribution in [0.1, 0.15) is 12.5 Å². The maximum Gasteiger partial charge on any atom is 0.234 e. The minimum absolute atomic E-state index is 0.201. The number of halogens is 1. The Balaban J connectivity index is 1.95. The van der Waals surface area contributed by atoms with E-state index in [1.54, 1.807) is 7.11 Å². The SMILES string of the molecule is COc1ccc(Cl)cc1CN1CCN([C@@H](C)C(N)=O)CC1. The Morgan fingerprint density at radius 1 is 1.38 bits per heavy atom. The Hall–Kier alpha value is -1.30. The van der Waals surface area contributed by atoms with Crippen molar-refractivity contribution in [3.8, 4) is 5.75 Å². The monoisotopic (exact) mass is 311 g/mol. The van der Waals surface area contributed by atoms with E-state index in [9.17, 15) is 4.79 Å². The first kappa shape index (κ1) is 16.1. The molecule has 1 aromatic rings. The van der Waals surface area contributed by atoms with Gasteiger partial charge in [-0.3, -0.25) is 14.6 Å². The molecule has 0 radical (unpaired) electrons. The van der Waals surface area contributed by atoms with Crippen LogP contribution in [0.4, 0.5) is 0 Å². The number of nitrogens with two attached hydrogens (primary N) is 1. The summed E-state index contributed by atoms with van der Waals surface area (Å²) < 4.78 is 5.38. The molecule has 0 aromatic heterocycles. The van der Waals surface area contributed by atoms with Crippen LogP contribution >= 0.6 is 11.6 Å². The van der Waals surface area contributed by atoms with Crippen LogP contribution in [0.5, 0.6) is 5.75 Å². The van der Waals surface area contributed by atoms with Crippen molar-refractivity contribution in [3.63, 3.8) is 0 Å². The van der Waals surface area contributed by atoms with E-state index >= 15 is 0 Å². The van der Waals surface area contributed by atoms with Crippen molar-refractivity contribution in [1.82, 2.24) is 9.80 Å². The van der Waals surface area contributed by atoms with Crippen LogP contribution in [0.3, 0.4) is 0 Å². The second-order valence-electron chi connectivity index (χ2n) is 5.35. The zero-order valence-corrected chi connectivity index (χ0v) is 13.3. The molecule has 0 aliphatic carbocycles. The highest BCUT2D eigenvalue weighted by molar-refractivity contribution is 6.30. The van der Waals surface area contributed by atoms with Gasteiger partial charge in [0.05, 0.1) is 13.2 Å². The van der Waals surface area contributed by atoms with Gasteiger partial charge in [0.2, 0.25) is 5.91 Å². The van der Waals surface area contributed by atoms with E-state index in [2.05, 4.69) is 9.80 Å². The molecule has 1 atom stereocenters. The Morgan fingerprint density at radius 3 is 2.62 bits per heavy atom. The molecule has 1 aromatic carbocycles. The first-order valence-electron chi connectivity index (χ1n) is 7.09. The Kier molecular flexibility index (Phi) is 5.45. The Bertz CT molecular complexity index is 502. The average Bonchev–Trinajstić information content (AvgIpc) is 2.47. The van der Waals surface area contributed by atoms with E-state index < -0.39 is 0 Å². The van der Waals surface area contributed by atoms with Crippen LogP contribution < -0.4 is 10.5 Å². The highest BCUT2D eigenvalue weighted by atomic mass is 35.5. The van der Waals surface area contributed by atoms with E-state index in [1.165, 1.54) is 0 Å². The van der Waals surface area contributed by atoms with Crippen molar-refractivity contribution in [3.05, 3.63) is 28.8 Å². The summed E-state index contributed by atoms with van der Waals surface area (Å²) in [6.07, 6.45) is 0. The minimum atomic E-state index is -0.264. The lowest BCUT2D eigenvalue weighted by Gasteiger charge is -2.37. The van der Waals surface area contributed by atoms with Crippen molar-refractivity contribution in [2.24, 2.45) is 5.73 Å². The molecule has 0 spiro atoms. The number of carbonyl (C=O) groups is 1. The fraction of sp³-hybridized carbons (Fsp3) is 0.533. The number of hydrogen-bond donors (Lipinski definition) is 1. The van der Waals surface area contributed by atoms with E-state index in [4.69, 9.17) is 22.1 Å². The van der Waals surface area contributed by atoms with Gasteiger partial charge in [0, 0.05) is 43.3 Å². The highest BCUT2D eigenvalue weighted by Crippen LogP contribution is 2.24. The molecular formula is C15H22ClN3O2. The Labute approximate surface area is 130 Å². The van der Waals surface area contributed by atoms with Crippen LogP contribution in [0.2, 0.25) is 5.02 Å². The molecule has 1 amide bonds. The lowest BCUT2D eigenvalue weighted by molar-refractivity contribution is -0.123. The van der Waals surface area contributed by atoms with Gasteiger partial charge in [-0.15, -0.1) is 0 Å². The van der Waals surface area contributed by atoms with Crippen molar-refractivity contribution in [2.45, 2.75) is 19.5 Å². The summed E-state index contributed by atoms with van der Waals surface area (Å²) in [5, 5.41) is 0.715. The summed E-state index contributed by atoms with van der Waals surface area (Å²) in [5.74, 6) is 0.590. The standard InChI is InChI=1S/C15H22ClN3O2/c1-11(15(17)20)19-7-5-18(6-8-19)10-12-9-13(16)3-4-14(12)21-2/h3-4,9,11H,5-8,10H2,1-2H3,(H2,17,20)/t11-/m0/s1. The van der Waals surface area contributed by atoms with Crippen molar-refractivity contribution >= 4 is 17.5 Å². The summed E-state index contributed by atoms with van der Waals surface area (Å²) in [6.45, 7) is 6.13. The van der Waals surface area contributed by atoms with Gasteiger partial charge in [-0.1, -0.05) is 11.6 Å². The molecule has 0 saturated carbocycles. The molecule has 0 unspecified atom stereocenters. The smallest absolute Gasteiger partial charge is 0.234 e. The predicted octanol–water partition coefficient (Wildman–Crippen LogP) is 1.34. The Morgan fingerprint density at radius 2 is 2.05 bits per heavy atom. The lowest BCUT2D eigenvalue weighted by Crippen LogP contribution is -2.52. The second kappa shape index (κ2) is 7.11. The van der Waals surface area contributed by atoms with Gasteiger partial charge >= 0.3 is 0 Å². The maximum atomic E-state index is 11.2. The molecule has 1 heterocycles. The quantitative estimate of drug-likeness (QED) is 0.891. The molecule has 2 N–H and O–H groups in total. The summed E-state index contributed by atoms with van der Waals surface area (Å²) >= 11 is 6.06. The van der Waals surface area contributed by atoms with Crippen LogP contribution in [-0.2, 0) is 11.3 Å². The third-order valence-electron chi connectivity index (χ3n) is 4.00. The topological polar surface area (TPSA) is 58.8 Å². The molecule has 1 aliphatic heterocycles. The largest absolute Gasteiger partial charge is 0.496 e. The number of amides is 1. The molecule has 0 bridgehead atoms. The number of ether oxygens (including phenoxy) is 1. The van der Waals surface area contributed by atoms with Gasteiger partial charge < -0.3 is 10.5 Å².